The lowest BCUT2D eigenvalue weighted by Gasteiger charge is -2.13. The minimum Gasteiger partial charge on any atom is -0.480 e. The minimum absolute atomic E-state index is 0.154. The van der Waals surface area contributed by atoms with Crippen LogP contribution in [-0.2, 0) is 14.8 Å². The molecule has 0 aliphatic heterocycles. The van der Waals surface area contributed by atoms with E-state index in [0.717, 1.165) is 0 Å². The van der Waals surface area contributed by atoms with Gasteiger partial charge in [0, 0.05) is 19.7 Å². The van der Waals surface area contributed by atoms with Gasteiger partial charge in [0.25, 0.3) is 5.91 Å². The molecule has 0 unspecified atom stereocenters. The highest BCUT2D eigenvalue weighted by Gasteiger charge is 2.22. The molecule has 0 radical (unpaired) electrons. The number of carbonyl (C=O) groups excluding carboxylic acids is 1. The molecule has 0 aliphatic rings. The molecule has 0 fully saturated rings. The summed E-state index contributed by atoms with van der Waals surface area (Å²) in [4.78, 5) is 23.6. The summed E-state index contributed by atoms with van der Waals surface area (Å²) < 4.78 is 26.0. The van der Waals surface area contributed by atoms with E-state index < -0.39 is 22.0 Å². The Bertz CT molecular complexity index is 624. The van der Waals surface area contributed by atoms with Gasteiger partial charge in [-0.15, -0.1) is 0 Å². The van der Waals surface area contributed by atoms with Crippen LogP contribution in [0.1, 0.15) is 17.3 Å². The molecule has 7 nitrogen and oxygen atoms in total. The van der Waals surface area contributed by atoms with E-state index in [0.29, 0.717) is 0 Å². The normalized spacial score (nSPS) is 12.8. The standard InChI is InChI=1S/C12H16N2O5S/c1-8(12(16)17)13-20(18,19)10-6-4-5-9(7-10)11(15)14(2)3/h4-8,13H,1-3H3,(H,16,17)/t8-/m1/s1. The fourth-order valence-corrected chi connectivity index (χ4v) is 2.65. The highest BCUT2D eigenvalue weighted by Crippen LogP contribution is 2.13. The highest BCUT2D eigenvalue weighted by molar-refractivity contribution is 7.89. The second kappa shape index (κ2) is 6.02. The second-order valence-electron chi connectivity index (χ2n) is 4.41. The number of rotatable bonds is 5. The maximum absolute atomic E-state index is 12.0. The van der Waals surface area contributed by atoms with Crippen molar-refractivity contribution in [2.24, 2.45) is 0 Å². The van der Waals surface area contributed by atoms with Gasteiger partial charge in [-0.3, -0.25) is 9.59 Å². The molecule has 1 amide bonds. The Hall–Kier alpha value is -1.93. The number of hydrogen-bond acceptors (Lipinski definition) is 4. The quantitative estimate of drug-likeness (QED) is 0.805. The third kappa shape index (κ3) is 3.78. The number of sulfonamides is 1. The van der Waals surface area contributed by atoms with Crippen LogP contribution in [0.3, 0.4) is 0 Å². The third-order valence-electron chi connectivity index (χ3n) is 2.50. The van der Waals surface area contributed by atoms with Crippen LogP contribution >= 0.6 is 0 Å². The van der Waals surface area contributed by atoms with Gasteiger partial charge in [-0.2, -0.15) is 4.72 Å². The monoisotopic (exact) mass is 300 g/mol. The van der Waals surface area contributed by atoms with E-state index in [1.54, 1.807) is 14.1 Å². The molecule has 0 heterocycles. The van der Waals surface area contributed by atoms with Crippen molar-refractivity contribution in [1.29, 1.82) is 0 Å². The van der Waals surface area contributed by atoms with Crippen molar-refractivity contribution in [3.63, 3.8) is 0 Å². The summed E-state index contributed by atoms with van der Waals surface area (Å²) in [5.41, 5.74) is 0.209. The predicted octanol–water partition coefficient (Wildman–Crippen LogP) is 0.140. The zero-order valence-electron chi connectivity index (χ0n) is 11.3. The van der Waals surface area contributed by atoms with Crippen LogP contribution in [0, 0.1) is 0 Å². The Balaban J connectivity index is 3.11. The van der Waals surface area contributed by atoms with Crippen LogP contribution in [0.2, 0.25) is 0 Å². The number of carbonyl (C=O) groups is 2. The van der Waals surface area contributed by atoms with Crippen LogP contribution < -0.4 is 4.72 Å². The zero-order chi connectivity index (χ0) is 15.5. The second-order valence-corrected chi connectivity index (χ2v) is 6.12. The molecule has 1 rings (SSSR count). The molecular formula is C12H16N2O5S. The predicted molar refractivity (Wildman–Crippen MR) is 71.9 cm³/mol. The molecule has 2 N–H and O–H groups in total. The maximum Gasteiger partial charge on any atom is 0.321 e. The van der Waals surface area contributed by atoms with Crippen molar-refractivity contribution in [3.05, 3.63) is 29.8 Å². The lowest BCUT2D eigenvalue weighted by Crippen LogP contribution is -2.38. The van der Waals surface area contributed by atoms with Crippen molar-refractivity contribution >= 4 is 21.9 Å². The Morgan fingerprint density at radius 1 is 1.30 bits per heavy atom. The van der Waals surface area contributed by atoms with E-state index in [-0.39, 0.29) is 16.4 Å². The summed E-state index contributed by atoms with van der Waals surface area (Å²) in [7, 11) is -0.888. The number of carboxylic acid groups (broad SMARTS) is 1. The van der Waals surface area contributed by atoms with E-state index >= 15 is 0 Å². The van der Waals surface area contributed by atoms with Crippen molar-refractivity contribution in [2.75, 3.05) is 14.1 Å². The molecule has 20 heavy (non-hydrogen) atoms. The van der Waals surface area contributed by atoms with Gasteiger partial charge in [-0.05, 0) is 25.1 Å². The smallest absolute Gasteiger partial charge is 0.321 e. The van der Waals surface area contributed by atoms with Gasteiger partial charge in [-0.1, -0.05) is 6.07 Å². The first kappa shape index (κ1) is 16.1. The van der Waals surface area contributed by atoms with Gasteiger partial charge in [0.2, 0.25) is 10.0 Å². The molecule has 0 spiro atoms. The first-order chi connectivity index (χ1) is 9.15. The highest BCUT2D eigenvalue weighted by atomic mass is 32.2. The van der Waals surface area contributed by atoms with E-state index in [2.05, 4.69) is 0 Å². The molecule has 1 atom stereocenters. The van der Waals surface area contributed by atoms with Gasteiger partial charge in [0.05, 0.1) is 4.90 Å². The molecule has 1 aromatic carbocycles. The summed E-state index contributed by atoms with van der Waals surface area (Å²) in [6.07, 6.45) is 0. The molecule has 0 aromatic heterocycles. The lowest BCUT2D eigenvalue weighted by atomic mass is 10.2. The Kier molecular flexibility index (Phi) is 4.85. The van der Waals surface area contributed by atoms with Crippen LogP contribution in [0.4, 0.5) is 0 Å². The average Bonchev–Trinajstić information content (AvgIpc) is 2.37. The van der Waals surface area contributed by atoms with Crippen molar-refractivity contribution in [2.45, 2.75) is 17.9 Å². The Morgan fingerprint density at radius 3 is 2.40 bits per heavy atom. The van der Waals surface area contributed by atoms with Crippen LogP contribution in [-0.4, -0.2) is 50.4 Å². The molecule has 1 aromatic rings. The van der Waals surface area contributed by atoms with Gasteiger partial charge >= 0.3 is 5.97 Å². The average molecular weight is 300 g/mol. The van der Waals surface area contributed by atoms with E-state index in [9.17, 15) is 18.0 Å². The largest absolute Gasteiger partial charge is 0.480 e. The topological polar surface area (TPSA) is 104 Å². The fourth-order valence-electron chi connectivity index (χ4n) is 1.41. The minimum atomic E-state index is -3.99. The number of nitrogens with one attached hydrogen (secondary N) is 1. The van der Waals surface area contributed by atoms with Crippen molar-refractivity contribution < 1.29 is 23.1 Å². The first-order valence-electron chi connectivity index (χ1n) is 5.72. The molecule has 110 valence electrons. The SMILES string of the molecule is C[C@@H](NS(=O)(=O)c1cccc(C(=O)N(C)C)c1)C(=O)O. The number of aliphatic carboxylic acids is 1. The lowest BCUT2D eigenvalue weighted by molar-refractivity contribution is -0.138. The third-order valence-corrected chi connectivity index (χ3v) is 4.04. The van der Waals surface area contributed by atoms with Gasteiger partial charge < -0.3 is 10.0 Å². The summed E-state index contributed by atoms with van der Waals surface area (Å²) in [5.74, 6) is -1.62. The molecule has 0 bridgehead atoms. The molecule has 0 saturated heterocycles. The molecule has 8 heteroatoms. The number of amides is 1. The van der Waals surface area contributed by atoms with Gasteiger partial charge in [0.1, 0.15) is 6.04 Å². The van der Waals surface area contributed by atoms with Gasteiger partial charge in [0.15, 0.2) is 0 Å². The zero-order valence-corrected chi connectivity index (χ0v) is 12.1. The summed E-state index contributed by atoms with van der Waals surface area (Å²) in [5, 5.41) is 8.72. The van der Waals surface area contributed by atoms with Crippen LogP contribution in [0.15, 0.2) is 29.2 Å². The Labute approximate surface area is 117 Å². The van der Waals surface area contributed by atoms with Crippen molar-refractivity contribution in [3.8, 4) is 0 Å². The van der Waals surface area contributed by atoms with Crippen LogP contribution in [0.5, 0.6) is 0 Å². The van der Waals surface area contributed by atoms with E-state index in [1.807, 2.05) is 4.72 Å². The van der Waals surface area contributed by atoms with Gasteiger partial charge in [-0.25, -0.2) is 8.42 Å². The summed E-state index contributed by atoms with van der Waals surface area (Å²) in [6, 6.07) is 4.16. The van der Waals surface area contributed by atoms with Crippen LogP contribution in [0.25, 0.3) is 0 Å². The summed E-state index contributed by atoms with van der Waals surface area (Å²) in [6.45, 7) is 1.22. The molecular weight excluding hydrogens is 284 g/mol. The molecule has 0 aliphatic carbocycles. The first-order valence-corrected chi connectivity index (χ1v) is 7.20. The number of benzene rings is 1. The number of carboxylic acids is 1. The number of nitrogens with zero attached hydrogens (tertiary/aromatic N) is 1. The summed E-state index contributed by atoms with van der Waals surface area (Å²) >= 11 is 0. The maximum atomic E-state index is 12.0. The van der Waals surface area contributed by atoms with E-state index in [4.69, 9.17) is 5.11 Å². The number of hydrogen-bond donors (Lipinski definition) is 2. The van der Waals surface area contributed by atoms with Crippen molar-refractivity contribution in [1.82, 2.24) is 9.62 Å². The fraction of sp³-hybridized carbons (Fsp3) is 0.333. The Morgan fingerprint density at radius 2 is 1.90 bits per heavy atom. The van der Waals surface area contributed by atoms with E-state index in [1.165, 1.54) is 36.1 Å². The molecule has 0 saturated carbocycles.